The van der Waals surface area contributed by atoms with E-state index in [2.05, 4.69) is 0 Å². The molecule has 1 saturated carbocycles. The molecule has 5 aliphatic rings. The van der Waals surface area contributed by atoms with Gasteiger partial charge in [0.25, 0.3) is 0 Å². The average molecular weight is 587 g/mol. The standard InChI is InChI=1S/C36H30N2O6/c1-2-36-29(22-13-7-4-8-14-22)25(21-11-5-3-6-12-21)26(27-30(36)34(41)37(32(27)39)19-23-15-9-17-43-23)28-31(36)35(42)38(33(28)40)20-24-16-10-18-44-24/h3-18,26-28,30-31H,2,19-20H2,1H3/t26?,27-,28-,30-,31+,36?/m0/s1. The van der Waals surface area contributed by atoms with E-state index < -0.39 is 35.0 Å². The van der Waals surface area contributed by atoms with E-state index in [1.54, 1.807) is 24.3 Å². The molecule has 2 bridgehead atoms. The van der Waals surface area contributed by atoms with Crippen LogP contribution in [0.2, 0.25) is 0 Å². The molecule has 2 aromatic heterocycles. The smallest absolute Gasteiger partial charge is 0.234 e. The van der Waals surface area contributed by atoms with Crippen LogP contribution in [0, 0.1) is 35.0 Å². The minimum absolute atomic E-state index is 0.00731. The molecular formula is C36H30N2O6. The van der Waals surface area contributed by atoms with Gasteiger partial charge >= 0.3 is 0 Å². The SMILES string of the molecule is CCC12C(c3ccccc3)=C(c3ccccc3)C([C@@H]3C(=O)N(Cc4ccco4)C(=O)[C@H]31)[C@@H]1C(=O)N(Cc3ccco3)C(=O)[C@@H]12. The first-order chi connectivity index (χ1) is 21.5. The molecule has 2 saturated heterocycles. The summed E-state index contributed by atoms with van der Waals surface area (Å²) >= 11 is 0. The summed E-state index contributed by atoms with van der Waals surface area (Å²) in [6, 6.07) is 26.6. The van der Waals surface area contributed by atoms with Crippen molar-refractivity contribution in [1.82, 2.24) is 9.80 Å². The van der Waals surface area contributed by atoms with Crippen LogP contribution < -0.4 is 0 Å². The topological polar surface area (TPSA) is 101 Å². The van der Waals surface area contributed by atoms with Gasteiger partial charge in [0.1, 0.15) is 11.5 Å². The van der Waals surface area contributed by atoms with Gasteiger partial charge < -0.3 is 8.83 Å². The number of hydrogen-bond acceptors (Lipinski definition) is 6. The summed E-state index contributed by atoms with van der Waals surface area (Å²) in [5, 5.41) is 0. The first-order valence-electron chi connectivity index (χ1n) is 15.1. The summed E-state index contributed by atoms with van der Waals surface area (Å²) < 4.78 is 11.1. The van der Waals surface area contributed by atoms with E-state index in [4.69, 9.17) is 8.83 Å². The van der Waals surface area contributed by atoms with Crippen LogP contribution in [0.1, 0.15) is 36.0 Å². The lowest BCUT2D eigenvalue weighted by atomic mass is 9.40. The number of rotatable bonds is 7. The Labute approximate surface area is 253 Å². The third-order valence-corrected chi connectivity index (χ3v) is 10.4. The van der Waals surface area contributed by atoms with Gasteiger partial charge in [0.05, 0.1) is 49.3 Å². The fourth-order valence-corrected chi connectivity index (χ4v) is 8.84. The Hall–Kier alpha value is -4.98. The second-order valence-electron chi connectivity index (χ2n) is 12.1. The van der Waals surface area contributed by atoms with Gasteiger partial charge in [-0.25, -0.2) is 0 Å². The number of furan rings is 2. The Balaban J connectivity index is 1.39. The minimum Gasteiger partial charge on any atom is -0.467 e. The second-order valence-corrected chi connectivity index (χ2v) is 12.1. The zero-order chi connectivity index (χ0) is 30.2. The third-order valence-electron chi connectivity index (χ3n) is 10.4. The van der Waals surface area contributed by atoms with E-state index in [0.717, 1.165) is 22.3 Å². The van der Waals surface area contributed by atoms with Crippen molar-refractivity contribution in [2.75, 3.05) is 0 Å². The number of nitrogens with zero attached hydrogens (tertiary/aromatic N) is 2. The zero-order valence-corrected chi connectivity index (χ0v) is 24.1. The largest absolute Gasteiger partial charge is 0.467 e. The van der Waals surface area contributed by atoms with Crippen molar-refractivity contribution >= 4 is 34.8 Å². The van der Waals surface area contributed by atoms with Gasteiger partial charge in [-0.15, -0.1) is 0 Å². The number of imide groups is 2. The summed E-state index contributed by atoms with van der Waals surface area (Å²) in [7, 11) is 0. The first-order valence-corrected chi connectivity index (χ1v) is 15.1. The molecule has 9 rings (SSSR count). The molecule has 44 heavy (non-hydrogen) atoms. The third kappa shape index (κ3) is 3.45. The van der Waals surface area contributed by atoms with Gasteiger partial charge in [0.2, 0.25) is 23.6 Å². The van der Waals surface area contributed by atoms with Crippen LogP contribution in [0.15, 0.2) is 106 Å². The fourth-order valence-electron chi connectivity index (χ4n) is 8.84. The van der Waals surface area contributed by atoms with Gasteiger partial charge in [-0.05, 0) is 53.0 Å². The molecule has 8 nitrogen and oxygen atoms in total. The van der Waals surface area contributed by atoms with Crippen LogP contribution in [0.3, 0.4) is 0 Å². The van der Waals surface area contributed by atoms with Crippen molar-refractivity contribution in [2.24, 2.45) is 35.0 Å². The summed E-state index contributed by atoms with van der Waals surface area (Å²) in [5.74, 6) is -4.12. The van der Waals surface area contributed by atoms with Crippen LogP contribution >= 0.6 is 0 Å². The van der Waals surface area contributed by atoms with E-state index in [-0.39, 0.29) is 36.7 Å². The molecule has 4 heterocycles. The molecule has 2 aliphatic heterocycles. The molecular weight excluding hydrogens is 556 g/mol. The van der Waals surface area contributed by atoms with Crippen molar-refractivity contribution in [3.05, 3.63) is 120 Å². The number of allylic oxidation sites excluding steroid dienone is 2. The Kier molecular flexibility index (Phi) is 5.92. The van der Waals surface area contributed by atoms with E-state index in [0.29, 0.717) is 17.9 Å². The lowest BCUT2D eigenvalue weighted by Gasteiger charge is -2.59. The molecule has 4 amide bonds. The molecule has 2 aromatic carbocycles. The molecule has 4 aromatic rings. The number of hydrogen-bond donors (Lipinski definition) is 0. The Morgan fingerprint density at radius 1 is 0.591 bits per heavy atom. The average Bonchev–Trinajstić information content (AvgIpc) is 3.86. The maximum atomic E-state index is 14.6. The summed E-state index contributed by atoms with van der Waals surface area (Å²) in [6.07, 6.45) is 3.43. The van der Waals surface area contributed by atoms with Gasteiger partial charge in [0, 0.05) is 11.3 Å². The predicted octanol–water partition coefficient (Wildman–Crippen LogP) is 5.43. The zero-order valence-electron chi connectivity index (χ0n) is 24.1. The highest BCUT2D eigenvalue weighted by Crippen LogP contribution is 2.73. The van der Waals surface area contributed by atoms with Crippen molar-refractivity contribution in [2.45, 2.75) is 26.4 Å². The molecule has 0 N–H and O–H groups in total. The first kappa shape index (κ1) is 26.6. The summed E-state index contributed by atoms with van der Waals surface area (Å²) in [6.45, 7) is 1.99. The normalized spacial score (nSPS) is 29.2. The fraction of sp³-hybridized carbons (Fsp3) is 0.278. The number of carbonyl (C=O) groups is 4. The van der Waals surface area contributed by atoms with E-state index >= 15 is 0 Å². The lowest BCUT2D eigenvalue weighted by Crippen LogP contribution is -2.60. The quantitative estimate of drug-likeness (QED) is 0.268. The molecule has 8 heteroatoms. The molecule has 6 atom stereocenters. The van der Waals surface area contributed by atoms with Crippen molar-refractivity contribution in [3.8, 4) is 0 Å². The van der Waals surface area contributed by atoms with Gasteiger partial charge in [-0.3, -0.25) is 29.0 Å². The monoisotopic (exact) mass is 586 g/mol. The highest BCUT2D eigenvalue weighted by atomic mass is 16.3. The number of amides is 4. The molecule has 0 radical (unpaired) electrons. The molecule has 3 fully saturated rings. The Morgan fingerprint density at radius 2 is 1.07 bits per heavy atom. The van der Waals surface area contributed by atoms with Crippen LogP contribution in [-0.4, -0.2) is 33.4 Å². The van der Waals surface area contributed by atoms with Crippen LogP contribution in [0.25, 0.3) is 11.1 Å². The Bertz CT molecular complexity index is 1730. The van der Waals surface area contributed by atoms with Crippen LogP contribution in [0.4, 0.5) is 0 Å². The van der Waals surface area contributed by atoms with E-state index in [9.17, 15) is 19.2 Å². The number of carbonyl (C=O) groups excluding carboxylic acids is 4. The van der Waals surface area contributed by atoms with Gasteiger partial charge in [-0.2, -0.15) is 0 Å². The maximum absolute atomic E-state index is 14.6. The Morgan fingerprint density at radius 3 is 1.50 bits per heavy atom. The number of likely N-dealkylation sites (tertiary alicyclic amines) is 2. The van der Waals surface area contributed by atoms with E-state index in [1.807, 2.05) is 67.6 Å². The van der Waals surface area contributed by atoms with Crippen LogP contribution in [-0.2, 0) is 32.3 Å². The minimum atomic E-state index is -1.11. The molecule has 220 valence electrons. The van der Waals surface area contributed by atoms with Crippen LogP contribution in [0.5, 0.6) is 0 Å². The summed E-state index contributed by atoms with van der Waals surface area (Å²) in [5.41, 5.74) is 2.45. The van der Waals surface area contributed by atoms with Crippen molar-refractivity contribution in [1.29, 1.82) is 0 Å². The highest BCUT2D eigenvalue weighted by molar-refractivity contribution is 6.17. The molecule has 2 unspecified atom stereocenters. The lowest BCUT2D eigenvalue weighted by molar-refractivity contribution is -0.146. The molecule has 0 spiro atoms. The van der Waals surface area contributed by atoms with Crippen molar-refractivity contribution in [3.63, 3.8) is 0 Å². The molecule has 3 aliphatic carbocycles. The maximum Gasteiger partial charge on any atom is 0.234 e. The van der Waals surface area contributed by atoms with Gasteiger partial charge in [-0.1, -0.05) is 67.6 Å². The van der Waals surface area contributed by atoms with E-state index in [1.165, 1.54) is 22.3 Å². The predicted molar refractivity (Wildman–Crippen MR) is 158 cm³/mol. The summed E-state index contributed by atoms with van der Waals surface area (Å²) in [4.78, 5) is 60.7. The van der Waals surface area contributed by atoms with Crippen molar-refractivity contribution < 1.29 is 28.0 Å². The number of benzene rings is 2. The second kappa shape index (κ2) is 9.77. The highest BCUT2D eigenvalue weighted by Gasteiger charge is 2.77. The van der Waals surface area contributed by atoms with Gasteiger partial charge in [0.15, 0.2) is 0 Å².